The molecular formula is C35H40N2O3S. The van der Waals surface area contributed by atoms with Crippen molar-refractivity contribution in [2.75, 3.05) is 7.11 Å². The quantitative estimate of drug-likeness (QED) is 0.251. The SMILES string of the molecule is C=C1CC(CCC/C=C/NC(=O)OC)=CC(O)=C1C(=C)C(C)Cc1cnc(Cc2ccc(C3=CCCC=C3)cc2)s1. The Kier molecular flexibility index (Phi) is 10.7. The second-order valence-corrected chi connectivity index (χ2v) is 11.8. The largest absolute Gasteiger partial charge is 0.507 e. The summed E-state index contributed by atoms with van der Waals surface area (Å²) in [5.74, 6) is 0.402. The minimum atomic E-state index is -0.480. The van der Waals surface area contributed by atoms with E-state index in [2.05, 4.69) is 72.6 Å². The molecule has 0 bridgehead atoms. The number of nitrogens with one attached hydrogen (secondary N) is 1. The number of aliphatic hydroxyl groups is 1. The predicted octanol–water partition coefficient (Wildman–Crippen LogP) is 8.94. The fraction of sp³-hybridized carbons (Fsp3) is 0.314. The molecule has 1 aromatic carbocycles. The van der Waals surface area contributed by atoms with Gasteiger partial charge in [0.25, 0.3) is 0 Å². The molecule has 0 aliphatic heterocycles. The van der Waals surface area contributed by atoms with E-state index in [0.29, 0.717) is 0 Å². The molecule has 0 saturated heterocycles. The van der Waals surface area contributed by atoms with Crippen molar-refractivity contribution < 1.29 is 14.6 Å². The summed E-state index contributed by atoms with van der Waals surface area (Å²) in [5.41, 5.74) is 7.60. The molecule has 0 radical (unpaired) electrons. The number of amides is 1. The number of aromatic nitrogens is 1. The highest BCUT2D eigenvalue weighted by molar-refractivity contribution is 7.11. The molecule has 214 valence electrons. The molecule has 1 heterocycles. The number of alkyl carbamates (subject to hydrolysis) is 1. The number of carbonyl (C=O) groups is 1. The highest BCUT2D eigenvalue weighted by Crippen LogP contribution is 2.37. The molecule has 2 N–H and O–H groups in total. The van der Waals surface area contributed by atoms with Crippen LogP contribution in [0.3, 0.4) is 0 Å². The lowest BCUT2D eigenvalue weighted by Crippen LogP contribution is -2.15. The zero-order valence-corrected chi connectivity index (χ0v) is 24.9. The molecule has 0 fully saturated rings. The maximum atomic E-state index is 11.1. The monoisotopic (exact) mass is 568 g/mol. The van der Waals surface area contributed by atoms with Gasteiger partial charge in [0, 0.05) is 29.3 Å². The summed E-state index contributed by atoms with van der Waals surface area (Å²) in [6, 6.07) is 8.82. The van der Waals surface area contributed by atoms with Gasteiger partial charge in [-0.3, -0.25) is 5.32 Å². The number of aliphatic hydroxyl groups excluding tert-OH is 1. The number of ether oxygens (including phenoxy) is 1. The van der Waals surface area contributed by atoms with Crippen LogP contribution in [0, 0.1) is 5.92 Å². The summed E-state index contributed by atoms with van der Waals surface area (Å²) in [5, 5.41) is 14.5. The van der Waals surface area contributed by atoms with Crippen molar-refractivity contribution in [1.82, 2.24) is 10.3 Å². The summed E-state index contributed by atoms with van der Waals surface area (Å²) in [6.45, 7) is 10.8. The molecule has 4 rings (SSSR count). The zero-order chi connectivity index (χ0) is 29.2. The van der Waals surface area contributed by atoms with E-state index in [1.807, 2.05) is 18.3 Å². The van der Waals surface area contributed by atoms with Gasteiger partial charge in [-0.05, 0) is 84.8 Å². The highest BCUT2D eigenvalue weighted by Gasteiger charge is 2.22. The molecule has 1 unspecified atom stereocenters. The van der Waals surface area contributed by atoms with E-state index >= 15 is 0 Å². The molecule has 1 atom stereocenters. The van der Waals surface area contributed by atoms with E-state index in [-0.39, 0.29) is 11.7 Å². The standard InChI is InChI=1S/C35H40N2O3S/c1-24(26(3)34-25(2)19-28(21-32(34)38)11-7-6-10-18-36-35(39)40-4)20-31-23-37-33(41-31)22-27-14-16-30(17-15-27)29-12-8-5-9-13-29/h8,10,12-18,21,23-24,38H,2-3,5-7,9,11,19-20,22H2,1,4H3,(H,36,39)/b18-10+. The first-order chi connectivity index (χ1) is 19.8. The Morgan fingerprint density at radius 1 is 1.27 bits per heavy atom. The molecule has 1 amide bonds. The Balaban J connectivity index is 1.29. The van der Waals surface area contributed by atoms with E-state index in [1.165, 1.54) is 28.7 Å². The molecule has 1 aromatic heterocycles. The minimum Gasteiger partial charge on any atom is -0.507 e. The topological polar surface area (TPSA) is 71.5 Å². The minimum absolute atomic E-state index is 0.149. The second kappa shape index (κ2) is 14.6. The van der Waals surface area contributed by atoms with Gasteiger partial charge in [0.2, 0.25) is 0 Å². The third-order valence-corrected chi connectivity index (χ3v) is 8.45. The van der Waals surface area contributed by atoms with Crippen LogP contribution in [0.2, 0.25) is 0 Å². The van der Waals surface area contributed by atoms with Crippen LogP contribution in [0.1, 0.15) is 66.5 Å². The van der Waals surface area contributed by atoms with Crippen LogP contribution >= 0.6 is 11.3 Å². The molecule has 0 spiro atoms. The lowest BCUT2D eigenvalue weighted by Gasteiger charge is -2.24. The third-order valence-electron chi connectivity index (χ3n) is 7.43. The smallest absolute Gasteiger partial charge is 0.410 e. The predicted molar refractivity (Wildman–Crippen MR) is 170 cm³/mol. The molecular weight excluding hydrogens is 528 g/mol. The maximum Gasteiger partial charge on any atom is 0.410 e. The third kappa shape index (κ3) is 8.54. The van der Waals surface area contributed by atoms with Crippen molar-refractivity contribution in [3.63, 3.8) is 0 Å². The normalized spacial score (nSPS) is 16.0. The fourth-order valence-corrected chi connectivity index (χ4v) is 6.23. The summed E-state index contributed by atoms with van der Waals surface area (Å²) >= 11 is 1.75. The van der Waals surface area contributed by atoms with Crippen LogP contribution < -0.4 is 5.32 Å². The number of methoxy groups -OCH3 is 1. The van der Waals surface area contributed by atoms with Gasteiger partial charge < -0.3 is 9.84 Å². The van der Waals surface area contributed by atoms with E-state index in [9.17, 15) is 9.90 Å². The van der Waals surface area contributed by atoms with Gasteiger partial charge in [0.15, 0.2) is 0 Å². The van der Waals surface area contributed by atoms with Gasteiger partial charge in [-0.2, -0.15) is 0 Å². The molecule has 0 saturated carbocycles. The summed E-state index contributed by atoms with van der Waals surface area (Å²) in [7, 11) is 1.33. The maximum absolute atomic E-state index is 11.1. The molecule has 5 nitrogen and oxygen atoms in total. The molecule has 6 heteroatoms. The Morgan fingerprint density at radius 2 is 2.07 bits per heavy atom. The summed E-state index contributed by atoms with van der Waals surface area (Å²) in [6.07, 6.45) is 20.8. The van der Waals surface area contributed by atoms with Crippen LogP contribution in [-0.2, 0) is 17.6 Å². The molecule has 2 aromatic rings. The number of carbonyl (C=O) groups excluding carboxylic acids is 1. The summed E-state index contributed by atoms with van der Waals surface area (Å²) < 4.78 is 4.53. The van der Waals surface area contributed by atoms with Crippen molar-refractivity contribution in [3.05, 3.63) is 129 Å². The zero-order valence-electron chi connectivity index (χ0n) is 24.1. The van der Waals surface area contributed by atoms with Crippen LogP contribution in [0.15, 0.2) is 108 Å². The fourth-order valence-electron chi connectivity index (χ4n) is 5.14. The molecule has 41 heavy (non-hydrogen) atoms. The van der Waals surface area contributed by atoms with Gasteiger partial charge in [0.05, 0.1) is 12.1 Å². The Hall–Kier alpha value is -3.90. The number of benzene rings is 1. The van der Waals surface area contributed by atoms with E-state index in [4.69, 9.17) is 4.98 Å². The molecule has 2 aliphatic carbocycles. The van der Waals surface area contributed by atoms with Crippen LogP contribution in [0.25, 0.3) is 5.57 Å². The number of nitrogens with zero attached hydrogens (tertiary/aromatic N) is 1. The van der Waals surface area contributed by atoms with Gasteiger partial charge in [-0.25, -0.2) is 9.78 Å². The van der Waals surface area contributed by atoms with Crippen molar-refractivity contribution in [1.29, 1.82) is 0 Å². The number of unbranched alkanes of at least 4 members (excludes halogenated alkanes) is 1. The van der Waals surface area contributed by atoms with Gasteiger partial charge in [-0.1, -0.05) is 74.2 Å². The van der Waals surface area contributed by atoms with Crippen LogP contribution in [0.5, 0.6) is 0 Å². The Morgan fingerprint density at radius 3 is 2.78 bits per heavy atom. The van der Waals surface area contributed by atoms with Crippen LogP contribution in [0.4, 0.5) is 4.79 Å². The lowest BCUT2D eigenvalue weighted by atomic mass is 9.82. The van der Waals surface area contributed by atoms with E-state index < -0.39 is 6.09 Å². The average molecular weight is 569 g/mol. The van der Waals surface area contributed by atoms with Crippen LogP contribution in [-0.4, -0.2) is 23.3 Å². The Bertz CT molecular complexity index is 1420. The van der Waals surface area contributed by atoms with Crippen molar-refractivity contribution >= 4 is 23.0 Å². The number of allylic oxidation sites excluding steroid dienone is 10. The number of hydrogen-bond acceptors (Lipinski definition) is 5. The first-order valence-corrected chi connectivity index (χ1v) is 15.0. The highest BCUT2D eigenvalue weighted by atomic mass is 32.1. The van der Waals surface area contributed by atoms with Crippen molar-refractivity contribution in [2.24, 2.45) is 5.92 Å². The second-order valence-electron chi connectivity index (χ2n) is 10.6. The first-order valence-electron chi connectivity index (χ1n) is 14.2. The number of thiazole rings is 1. The van der Waals surface area contributed by atoms with Crippen molar-refractivity contribution in [3.8, 4) is 0 Å². The summed E-state index contributed by atoms with van der Waals surface area (Å²) in [4.78, 5) is 17.0. The van der Waals surface area contributed by atoms with Gasteiger partial charge in [-0.15, -0.1) is 11.3 Å². The Labute approximate surface area is 248 Å². The number of hydrogen-bond donors (Lipinski definition) is 2. The van der Waals surface area contributed by atoms with Crippen molar-refractivity contribution in [2.45, 2.75) is 58.3 Å². The molecule has 2 aliphatic rings. The average Bonchev–Trinajstić information content (AvgIpc) is 3.41. The number of rotatable bonds is 12. The first kappa shape index (κ1) is 30.1. The van der Waals surface area contributed by atoms with Gasteiger partial charge in [0.1, 0.15) is 5.76 Å². The lowest BCUT2D eigenvalue weighted by molar-refractivity contribution is 0.175. The van der Waals surface area contributed by atoms with E-state index in [1.54, 1.807) is 17.5 Å². The van der Waals surface area contributed by atoms with E-state index in [0.717, 1.165) is 78.7 Å². The van der Waals surface area contributed by atoms with Gasteiger partial charge >= 0.3 is 6.09 Å².